The maximum atomic E-state index is 3.55. The van der Waals surface area contributed by atoms with Gasteiger partial charge >= 0.3 is 0 Å². The van der Waals surface area contributed by atoms with Crippen molar-refractivity contribution in [3.8, 4) is 0 Å². The molecule has 0 saturated heterocycles. The van der Waals surface area contributed by atoms with E-state index in [0.29, 0.717) is 6.04 Å². The summed E-state index contributed by atoms with van der Waals surface area (Å²) in [7, 11) is 0. The van der Waals surface area contributed by atoms with E-state index in [1.807, 2.05) is 0 Å². The lowest BCUT2D eigenvalue weighted by atomic mass is 9.83. The Morgan fingerprint density at radius 3 is 2.95 bits per heavy atom. The van der Waals surface area contributed by atoms with Gasteiger partial charge in [0.2, 0.25) is 0 Å². The average Bonchev–Trinajstić information content (AvgIpc) is 2.90. The molecule has 2 heteroatoms. The van der Waals surface area contributed by atoms with E-state index in [1.165, 1.54) is 42.1 Å². The Bertz CT molecular complexity index is 675. The molecule has 0 radical (unpaired) electrons. The maximum absolute atomic E-state index is 3.55. The van der Waals surface area contributed by atoms with Crippen LogP contribution in [0.5, 0.6) is 0 Å². The summed E-state index contributed by atoms with van der Waals surface area (Å²) in [4.78, 5) is 3.39. The fourth-order valence-electron chi connectivity index (χ4n) is 3.43. The molecule has 1 atom stereocenters. The summed E-state index contributed by atoms with van der Waals surface area (Å²) in [6, 6.07) is 8.92. The molecule has 2 N–H and O–H groups in total. The average molecular weight is 250 g/mol. The molecular weight excluding hydrogens is 232 g/mol. The van der Waals surface area contributed by atoms with Crippen molar-refractivity contribution in [2.45, 2.75) is 31.7 Å². The molecule has 96 valence electrons. The number of nitrogens with one attached hydrogen (secondary N) is 2. The van der Waals surface area contributed by atoms with Gasteiger partial charge in [0, 0.05) is 22.7 Å². The first-order chi connectivity index (χ1) is 9.43. The molecule has 0 fully saturated rings. The molecule has 0 saturated carbocycles. The molecule has 0 amide bonds. The molecule has 1 aromatic carbocycles. The highest BCUT2D eigenvalue weighted by Crippen LogP contribution is 2.38. The van der Waals surface area contributed by atoms with E-state index in [2.05, 4.69) is 53.0 Å². The predicted octanol–water partition coefficient (Wildman–Crippen LogP) is 4.20. The molecule has 1 aromatic heterocycles. The molecule has 2 heterocycles. The van der Waals surface area contributed by atoms with Crippen molar-refractivity contribution < 1.29 is 0 Å². The highest BCUT2D eigenvalue weighted by molar-refractivity contribution is 5.84. The van der Waals surface area contributed by atoms with Crippen LogP contribution in [0.1, 0.15) is 37.3 Å². The Morgan fingerprint density at radius 2 is 1.95 bits per heavy atom. The minimum atomic E-state index is 0.358. The van der Waals surface area contributed by atoms with Crippen molar-refractivity contribution in [1.82, 2.24) is 10.3 Å². The predicted molar refractivity (Wildman–Crippen MR) is 78.8 cm³/mol. The normalized spacial score (nSPS) is 22.4. The maximum Gasteiger partial charge on any atom is 0.0748 e. The second-order valence-electron chi connectivity index (χ2n) is 5.48. The molecule has 19 heavy (non-hydrogen) atoms. The van der Waals surface area contributed by atoms with Crippen molar-refractivity contribution in [2.75, 3.05) is 0 Å². The zero-order valence-corrected chi connectivity index (χ0v) is 10.9. The molecule has 4 rings (SSSR count). The third kappa shape index (κ3) is 1.71. The number of H-pyrrole nitrogens is 1. The number of para-hydroxylation sites is 1. The van der Waals surface area contributed by atoms with Gasteiger partial charge in [-0.05, 0) is 55.2 Å². The second kappa shape index (κ2) is 4.30. The van der Waals surface area contributed by atoms with E-state index in [0.717, 1.165) is 0 Å². The zero-order valence-electron chi connectivity index (χ0n) is 10.9. The first kappa shape index (κ1) is 10.9. The van der Waals surface area contributed by atoms with E-state index < -0.39 is 0 Å². The van der Waals surface area contributed by atoms with E-state index in [9.17, 15) is 0 Å². The van der Waals surface area contributed by atoms with Crippen LogP contribution in [-0.4, -0.2) is 4.98 Å². The lowest BCUT2D eigenvalue weighted by Gasteiger charge is -2.30. The lowest BCUT2D eigenvalue weighted by Crippen LogP contribution is -2.23. The summed E-state index contributed by atoms with van der Waals surface area (Å²) in [5.41, 5.74) is 5.76. The minimum Gasteiger partial charge on any atom is -0.380 e. The number of aromatic nitrogens is 1. The number of allylic oxidation sites excluding steroid dienone is 2. The van der Waals surface area contributed by atoms with Gasteiger partial charge in [-0.1, -0.05) is 18.2 Å². The fourth-order valence-corrected chi connectivity index (χ4v) is 3.43. The van der Waals surface area contributed by atoms with Crippen LogP contribution in [0.25, 0.3) is 10.9 Å². The Balaban J connectivity index is 1.84. The Kier molecular flexibility index (Phi) is 2.47. The number of hydrogen-bond acceptors (Lipinski definition) is 1. The van der Waals surface area contributed by atoms with Crippen LogP contribution in [0.3, 0.4) is 0 Å². The summed E-state index contributed by atoms with van der Waals surface area (Å²) >= 11 is 0. The van der Waals surface area contributed by atoms with Gasteiger partial charge < -0.3 is 10.3 Å². The van der Waals surface area contributed by atoms with Crippen LogP contribution in [0, 0.1) is 0 Å². The monoisotopic (exact) mass is 250 g/mol. The summed E-state index contributed by atoms with van der Waals surface area (Å²) in [5.74, 6) is 0. The van der Waals surface area contributed by atoms with E-state index in [1.54, 1.807) is 11.1 Å². The van der Waals surface area contributed by atoms with Crippen molar-refractivity contribution in [3.63, 3.8) is 0 Å². The molecule has 2 aromatic rings. The largest absolute Gasteiger partial charge is 0.380 e. The van der Waals surface area contributed by atoms with Crippen molar-refractivity contribution in [2.24, 2.45) is 0 Å². The zero-order chi connectivity index (χ0) is 12.7. The van der Waals surface area contributed by atoms with Gasteiger partial charge in [0.25, 0.3) is 0 Å². The van der Waals surface area contributed by atoms with Gasteiger partial charge in [-0.2, -0.15) is 0 Å². The van der Waals surface area contributed by atoms with Gasteiger partial charge in [-0.15, -0.1) is 0 Å². The van der Waals surface area contributed by atoms with E-state index in [-0.39, 0.29) is 0 Å². The van der Waals surface area contributed by atoms with Crippen LogP contribution in [0.4, 0.5) is 0 Å². The minimum absolute atomic E-state index is 0.358. The van der Waals surface area contributed by atoms with Gasteiger partial charge in [0.1, 0.15) is 0 Å². The molecule has 1 aliphatic heterocycles. The highest BCUT2D eigenvalue weighted by atomic mass is 14.9. The summed E-state index contributed by atoms with van der Waals surface area (Å²) in [6.45, 7) is 0. The number of dihydropyridines is 1. The standard InChI is InChI=1S/C17H18N2/c1-2-6-13-12(5-1)9-10-18-17(13)15-11-19-16-8-4-3-7-14(15)16/h3-4,7-11,17-19H,1-2,5-6H2. The summed E-state index contributed by atoms with van der Waals surface area (Å²) in [5, 5.41) is 4.89. The Labute approximate surface area is 113 Å². The van der Waals surface area contributed by atoms with Crippen LogP contribution >= 0.6 is 0 Å². The SMILES string of the molecule is C1=CC2=C(CCCC2)C(c2c[nH]c3ccccc23)N1. The van der Waals surface area contributed by atoms with Gasteiger partial charge in [-0.3, -0.25) is 0 Å². The molecule has 1 unspecified atom stereocenters. The number of rotatable bonds is 1. The molecule has 2 aliphatic rings. The van der Waals surface area contributed by atoms with Crippen molar-refractivity contribution >= 4 is 10.9 Å². The van der Waals surface area contributed by atoms with Crippen LogP contribution in [0.2, 0.25) is 0 Å². The molecular formula is C17H18N2. The van der Waals surface area contributed by atoms with Crippen molar-refractivity contribution in [3.05, 3.63) is 59.4 Å². The van der Waals surface area contributed by atoms with Gasteiger partial charge in [0.05, 0.1) is 6.04 Å². The van der Waals surface area contributed by atoms with Crippen LogP contribution in [-0.2, 0) is 0 Å². The summed E-state index contributed by atoms with van der Waals surface area (Å²) < 4.78 is 0. The molecule has 2 nitrogen and oxygen atoms in total. The first-order valence-electron chi connectivity index (χ1n) is 7.14. The quantitative estimate of drug-likeness (QED) is 0.780. The third-order valence-electron chi connectivity index (χ3n) is 4.38. The summed E-state index contributed by atoms with van der Waals surface area (Å²) in [6.07, 6.45) is 11.7. The Morgan fingerprint density at radius 1 is 1.05 bits per heavy atom. The Hall–Kier alpha value is -1.96. The van der Waals surface area contributed by atoms with Gasteiger partial charge in [-0.25, -0.2) is 0 Å². The number of fused-ring (bicyclic) bond motifs is 1. The van der Waals surface area contributed by atoms with E-state index in [4.69, 9.17) is 0 Å². The molecule has 0 spiro atoms. The topological polar surface area (TPSA) is 27.8 Å². The van der Waals surface area contributed by atoms with Crippen LogP contribution in [0.15, 0.2) is 53.9 Å². The van der Waals surface area contributed by atoms with Crippen molar-refractivity contribution in [1.29, 1.82) is 0 Å². The second-order valence-corrected chi connectivity index (χ2v) is 5.48. The van der Waals surface area contributed by atoms with Gasteiger partial charge in [0.15, 0.2) is 0 Å². The van der Waals surface area contributed by atoms with Crippen LogP contribution < -0.4 is 5.32 Å². The highest BCUT2D eigenvalue weighted by Gasteiger charge is 2.25. The third-order valence-corrected chi connectivity index (χ3v) is 4.38. The fraction of sp³-hybridized carbons (Fsp3) is 0.294. The number of hydrogen-bond donors (Lipinski definition) is 2. The lowest BCUT2D eigenvalue weighted by molar-refractivity contribution is 0.585. The molecule has 0 bridgehead atoms. The molecule has 1 aliphatic carbocycles. The van der Waals surface area contributed by atoms with E-state index >= 15 is 0 Å². The first-order valence-corrected chi connectivity index (χ1v) is 7.14. The number of aromatic amines is 1. The smallest absolute Gasteiger partial charge is 0.0748 e. The number of benzene rings is 1.